The van der Waals surface area contributed by atoms with Crippen LogP contribution in [0, 0.1) is 0 Å². The first-order valence-corrected chi connectivity index (χ1v) is 8.66. The smallest absolute Gasteiger partial charge is 0.195 e. The van der Waals surface area contributed by atoms with Crippen molar-refractivity contribution in [3.05, 3.63) is 66.0 Å². The molecule has 1 aromatic heterocycles. The fourth-order valence-electron chi connectivity index (χ4n) is 2.41. The van der Waals surface area contributed by atoms with E-state index in [0.717, 1.165) is 28.0 Å². The van der Waals surface area contributed by atoms with E-state index in [0.29, 0.717) is 12.2 Å². The van der Waals surface area contributed by atoms with Crippen molar-refractivity contribution in [3.8, 4) is 11.4 Å². The molecule has 0 atom stereocenters. The van der Waals surface area contributed by atoms with Crippen LogP contribution in [0.25, 0.3) is 5.69 Å². The molecule has 6 heteroatoms. The maximum absolute atomic E-state index is 9.09. The molecule has 0 bridgehead atoms. The summed E-state index contributed by atoms with van der Waals surface area (Å²) in [6, 6.07) is 18.0. The molecular formula is C18H19N3O2S. The zero-order valence-electron chi connectivity index (χ0n) is 13.4. The Morgan fingerprint density at radius 3 is 2.46 bits per heavy atom. The van der Waals surface area contributed by atoms with Gasteiger partial charge < -0.3 is 9.84 Å². The van der Waals surface area contributed by atoms with Gasteiger partial charge in [0.1, 0.15) is 11.6 Å². The van der Waals surface area contributed by atoms with E-state index in [-0.39, 0.29) is 6.61 Å². The SMILES string of the molecule is COc1ccc(Cc2nnc(SCCO)n2-c2ccccc2)cc1. The molecule has 0 saturated carbocycles. The average Bonchev–Trinajstić information content (AvgIpc) is 3.03. The van der Waals surface area contributed by atoms with Crippen molar-refractivity contribution in [2.75, 3.05) is 19.5 Å². The number of nitrogens with zero attached hydrogens (tertiary/aromatic N) is 3. The highest BCUT2D eigenvalue weighted by Crippen LogP contribution is 2.23. The van der Waals surface area contributed by atoms with Crippen molar-refractivity contribution in [1.82, 2.24) is 14.8 Å². The summed E-state index contributed by atoms with van der Waals surface area (Å²) in [6.07, 6.45) is 0.672. The maximum atomic E-state index is 9.09. The predicted octanol–water partition coefficient (Wildman–Crippen LogP) is 2.95. The fourth-order valence-corrected chi connectivity index (χ4v) is 3.12. The van der Waals surface area contributed by atoms with Crippen molar-refractivity contribution in [3.63, 3.8) is 0 Å². The first-order chi connectivity index (χ1) is 11.8. The molecule has 3 rings (SSSR count). The molecule has 124 valence electrons. The highest BCUT2D eigenvalue weighted by atomic mass is 32.2. The molecule has 1 heterocycles. The lowest BCUT2D eigenvalue weighted by molar-refractivity contribution is 0.322. The van der Waals surface area contributed by atoms with Gasteiger partial charge in [-0.25, -0.2) is 0 Å². The van der Waals surface area contributed by atoms with Gasteiger partial charge in [-0.3, -0.25) is 4.57 Å². The average molecular weight is 341 g/mol. The summed E-state index contributed by atoms with van der Waals surface area (Å²) in [7, 11) is 1.66. The first-order valence-electron chi connectivity index (χ1n) is 7.68. The maximum Gasteiger partial charge on any atom is 0.195 e. The van der Waals surface area contributed by atoms with Crippen molar-refractivity contribution >= 4 is 11.8 Å². The Balaban J connectivity index is 1.93. The van der Waals surface area contributed by atoms with E-state index >= 15 is 0 Å². The minimum Gasteiger partial charge on any atom is -0.497 e. The number of ether oxygens (including phenoxy) is 1. The molecule has 3 aromatic rings. The van der Waals surface area contributed by atoms with E-state index in [1.54, 1.807) is 7.11 Å². The van der Waals surface area contributed by atoms with Crippen LogP contribution in [0.1, 0.15) is 11.4 Å². The van der Waals surface area contributed by atoms with E-state index in [2.05, 4.69) is 10.2 Å². The van der Waals surface area contributed by atoms with E-state index in [1.165, 1.54) is 11.8 Å². The topological polar surface area (TPSA) is 60.2 Å². The molecule has 0 aliphatic heterocycles. The molecule has 0 aliphatic rings. The number of para-hydroxylation sites is 1. The Bertz CT molecular complexity index is 773. The van der Waals surface area contributed by atoms with Crippen LogP contribution in [0.15, 0.2) is 59.8 Å². The predicted molar refractivity (Wildman–Crippen MR) is 95.0 cm³/mol. The molecule has 0 fully saturated rings. The van der Waals surface area contributed by atoms with Crippen LogP contribution in [0.2, 0.25) is 0 Å². The monoisotopic (exact) mass is 341 g/mol. The lowest BCUT2D eigenvalue weighted by Gasteiger charge is -2.10. The highest BCUT2D eigenvalue weighted by molar-refractivity contribution is 7.99. The second-order valence-corrected chi connectivity index (χ2v) is 6.23. The van der Waals surface area contributed by atoms with Crippen molar-refractivity contribution < 1.29 is 9.84 Å². The Morgan fingerprint density at radius 2 is 1.79 bits per heavy atom. The number of thioether (sulfide) groups is 1. The van der Waals surface area contributed by atoms with Gasteiger partial charge in [-0.05, 0) is 29.8 Å². The molecule has 0 amide bonds. The third-order valence-corrected chi connectivity index (χ3v) is 4.47. The van der Waals surface area contributed by atoms with Gasteiger partial charge in [-0.15, -0.1) is 10.2 Å². The second-order valence-electron chi connectivity index (χ2n) is 5.17. The van der Waals surface area contributed by atoms with Crippen LogP contribution in [0.4, 0.5) is 0 Å². The van der Waals surface area contributed by atoms with E-state index < -0.39 is 0 Å². The molecule has 0 saturated heterocycles. The van der Waals surface area contributed by atoms with Crippen molar-refractivity contribution in [2.45, 2.75) is 11.6 Å². The third kappa shape index (κ3) is 3.77. The van der Waals surface area contributed by atoms with Gasteiger partial charge in [-0.2, -0.15) is 0 Å². The number of hydrogen-bond donors (Lipinski definition) is 1. The Kier molecular flexibility index (Phi) is 5.51. The molecule has 24 heavy (non-hydrogen) atoms. The molecule has 0 aliphatic carbocycles. The van der Waals surface area contributed by atoms with Crippen molar-refractivity contribution in [2.24, 2.45) is 0 Å². The Morgan fingerprint density at radius 1 is 1.04 bits per heavy atom. The molecule has 0 radical (unpaired) electrons. The number of hydrogen-bond acceptors (Lipinski definition) is 5. The largest absolute Gasteiger partial charge is 0.497 e. The summed E-state index contributed by atoms with van der Waals surface area (Å²) in [6.45, 7) is 0.111. The quantitative estimate of drug-likeness (QED) is 0.670. The van der Waals surface area contributed by atoms with Crippen LogP contribution >= 0.6 is 11.8 Å². The first kappa shape index (κ1) is 16.5. The summed E-state index contributed by atoms with van der Waals surface area (Å²) in [5.74, 6) is 2.29. The van der Waals surface area contributed by atoms with E-state index in [1.807, 2.05) is 59.2 Å². The number of benzene rings is 2. The molecule has 1 N–H and O–H groups in total. The summed E-state index contributed by atoms with van der Waals surface area (Å²) in [5, 5.41) is 18.5. The lowest BCUT2D eigenvalue weighted by atomic mass is 10.1. The zero-order chi connectivity index (χ0) is 16.8. The molecule has 0 spiro atoms. The summed E-state index contributed by atoms with van der Waals surface area (Å²) in [4.78, 5) is 0. The minimum atomic E-state index is 0.111. The van der Waals surface area contributed by atoms with E-state index in [9.17, 15) is 0 Å². The van der Waals surface area contributed by atoms with Gasteiger partial charge in [0.25, 0.3) is 0 Å². The number of aromatic nitrogens is 3. The van der Waals surface area contributed by atoms with Crippen LogP contribution < -0.4 is 4.74 Å². The summed E-state index contributed by atoms with van der Waals surface area (Å²) in [5.41, 5.74) is 2.16. The number of aliphatic hydroxyl groups is 1. The Labute approximate surface area is 145 Å². The van der Waals surface area contributed by atoms with Crippen LogP contribution in [-0.2, 0) is 6.42 Å². The number of methoxy groups -OCH3 is 1. The van der Waals surface area contributed by atoms with Gasteiger partial charge in [0.15, 0.2) is 5.16 Å². The molecular weight excluding hydrogens is 322 g/mol. The number of rotatable bonds is 7. The summed E-state index contributed by atoms with van der Waals surface area (Å²) >= 11 is 1.50. The fraction of sp³-hybridized carbons (Fsp3) is 0.222. The summed E-state index contributed by atoms with van der Waals surface area (Å²) < 4.78 is 7.25. The molecule has 0 unspecified atom stereocenters. The van der Waals surface area contributed by atoms with Crippen molar-refractivity contribution in [1.29, 1.82) is 0 Å². The van der Waals surface area contributed by atoms with Gasteiger partial charge in [0, 0.05) is 17.9 Å². The normalized spacial score (nSPS) is 10.8. The van der Waals surface area contributed by atoms with Crippen LogP contribution in [0.5, 0.6) is 5.75 Å². The van der Waals surface area contributed by atoms with Gasteiger partial charge >= 0.3 is 0 Å². The molecule has 5 nitrogen and oxygen atoms in total. The molecule has 2 aromatic carbocycles. The zero-order valence-corrected chi connectivity index (χ0v) is 14.2. The van der Waals surface area contributed by atoms with Gasteiger partial charge in [0.05, 0.1) is 13.7 Å². The van der Waals surface area contributed by atoms with E-state index in [4.69, 9.17) is 9.84 Å². The van der Waals surface area contributed by atoms with Crippen LogP contribution in [0.3, 0.4) is 0 Å². The minimum absolute atomic E-state index is 0.111. The van der Waals surface area contributed by atoms with Crippen LogP contribution in [-0.4, -0.2) is 39.3 Å². The highest BCUT2D eigenvalue weighted by Gasteiger charge is 2.14. The lowest BCUT2D eigenvalue weighted by Crippen LogP contribution is -2.04. The standard InChI is InChI=1S/C18H19N3O2S/c1-23-16-9-7-14(8-10-16)13-17-19-20-18(24-12-11-22)21(17)15-5-3-2-4-6-15/h2-10,22H,11-13H2,1H3. The Hall–Kier alpha value is -2.31. The second kappa shape index (κ2) is 7.99. The third-order valence-electron chi connectivity index (χ3n) is 3.56. The van der Waals surface area contributed by atoms with Gasteiger partial charge in [-0.1, -0.05) is 42.1 Å². The number of aliphatic hydroxyl groups excluding tert-OH is 1. The van der Waals surface area contributed by atoms with Gasteiger partial charge in [0.2, 0.25) is 0 Å².